The second-order valence-electron chi connectivity index (χ2n) is 5.28. The van der Waals surface area contributed by atoms with Gasteiger partial charge in [0.25, 0.3) is 0 Å². The van der Waals surface area contributed by atoms with Gasteiger partial charge in [0.2, 0.25) is 5.78 Å². The van der Waals surface area contributed by atoms with Gasteiger partial charge < -0.3 is 4.90 Å². The summed E-state index contributed by atoms with van der Waals surface area (Å²) in [7, 11) is 0. The number of carbonyl (C=O) groups is 1. The molecule has 100 valence electrons. The molecule has 0 saturated carbocycles. The number of ketones is 1. The lowest BCUT2D eigenvalue weighted by Gasteiger charge is -2.17. The van der Waals surface area contributed by atoms with Crippen LogP contribution in [-0.4, -0.2) is 25.4 Å². The zero-order valence-electron chi connectivity index (χ0n) is 11.3. The Bertz CT molecular complexity index is 442. The van der Waals surface area contributed by atoms with Crippen molar-refractivity contribution >= 4 is 5.78 Å². The molecule has 0 aliphatic carbocycles. The zero-order chi connectivity index (χ0) is 13.5. The summed E-state index contributed by atoms with van der Waals surface area (Å²) in [6, 6.07) is 11.6. The minimum atomic E-state index is -0.600. The van der Waals surface area contributed by atoms with Gasteiger partial charge in [-0.2, -0.15) is 5.26 Å². The van der Waals surface area contributed by atoms with Crippen LogP contribution in [0.15, 0.2) is 30.3 Å². The predicted molar refractivity (Wildman–Crippen MR) is 73.8 cm³/mol. The molecule has 2 rings (SSSR count). The highest BCUT2D eigenvalue weighted by atomic mass is 16.1. The number of hydrogen-bond acceptors (Lipinski definition) is 2. The molecule has 0 unspecified atom stereocenters. The third kappa shape index (κ3) is 3.90. The summed E-state index contributed by atoms with van der Waals surface area (Å²) in [6.45, 7) is 2.63. The molecular formula is C16H21N2O+. The summed E-state index contributed by atoms with van der Waals surface area (Å²) in [5, 5.41) is 9.25. The summed E-state index contributed by atoms with van der Waals surface area (Å²) < 4.78 is 0. The van der Waals surface area contributed by atoms with Crippen molar-refractivity contribution in [2.24, 2.45) is 0 Å². The maximum atomic E-state index is 12.3. The third-order valence-corrected chi connectivity index (χ3v) is 3.82. The van der Waals surface area contributed by atoms with Gasteiger partial charge in [0.15, 0.2) is 0 Å². The maximum Gasteiger partial charge on any atom is 0.208 e. The number of rotatable bonds is 4. The smallest absolute Gasteiger partial charge is 0.208 e. The first-order valence-corrected chi connectivity index (χ1v) is 7.12. The molecule has 1 aliphatic rings. The molecule has 1 aromatic rings. The fourth-order valence-electron chi connectivity index (χ4n) is 2.73. The summed E-state index contributed by atoms with van der Waals surface area (Å²) in [4.78, 5) is 13.7. The molecule has 3 nitrogen and oxygen atoms in total. The number of quaternary nitrogens is 1. The topological polar surface area (TPSA) is 45.3 Å². The lowest BCUT2D eigenvalue weighted by atomic mass is 9.96. The SMILES string of the molecule is N#C[C@@H](C(=O)C[NH+]1CCCCCC1)c1ccccc1. The van der Waals surface area contributed by atoms with Crippen LogP contribution in [0, 0.1) is 11.3 Å². The first-order valence-electron chi connectivity index (χ1n) is 7.12. The normalized spacial score (nSPS) is 18.3. The Hall–Kier alpha value is -1.66. The summed E-state index contributed by atoms with van der Waals surface area (Å²) >= 11 is 0. The van der Waals surface area contributed by atoms with Crippen molar-refractivity contribution < 1.29 is 9.69 Å². The number of nitrogens with zero attached hydrogens (tertiary/aromatic N) is 1. The van der Waals surface area contributed by atoms with Crippen molar-refractivity contribution in [3.05, 3.63) is 35.9 Å². The highest BCUT2D eigenvalue weighted by molar-refractivity contribution is 5.89. The third-order valence-electron chi connectivity index (χ3n) is 3.82. The van der Waals surface area contributed by atoms with Gasteiger partial charge in [0.1, 0.15) is 12.5 Å². The second kappa shape index (κ2) is 7.06. The van der Waals surface area contributed by atoms with E-state index in [4.69, 9.17) is 0 Å². The largest absolute Gasteiger partial charge is 0.329 e. The molecule has 1 aliphatic heterocycles. The molecule has 0 bridgehead atoms. The van der Waals surface area contributed by atoms with Gasteiger partial charge in [-0.15, -0.1) is 0 Å². The van der Waals surface area contributed by atoms with Crippen LogP contribution in [0.25, 0.3) is 0 Å². The molecule has 19 heavy (non-hydrogen) atoms. The quantitative estimate of drug-likeness (QED) is 0.884. The van der Waals surface area contributed by atoms with Crippen LogP contribution in [0.4, 0.5) is 0 Å². The van der Waals surface area contributed by atoms with Gasteiger partial charge in [-0.25, -0.2) is 0 Å². The summed E-state index contributed by atoms with van der Waals surface area (Å²) in [6.07, 6.45) is 4.95. The molecule has 1 saturated heterocycles. The first-order chi connectivity index (χ1) is 9.31. The molecule has 1 aromatic carbocycles. The molecular weight excluding hydrogens is 236 g/mol. The van der Waals surface area contributed by atoms with Crippen LogP contribution < -0.4 is 4.90 Å². The summed E-state index contributed by atoms with van der Waals surface area (Å²) in [5.74, 6) is -0.539. The minimum Gasteiger partial charge on any atom is -0.329 e. The standard InChI is InChI=1S/C16H20N2O/c17-12-15(14-8-4-3-5-9-14)16(19)13-18-10-6-1-2-7-11-18/h3-5,8-9,15H,1-2,6-7,10-11,13H2/p+1/t15-/m1/s1. The molecule has 1 atom stereocenters. The maximum absolute atomic E-state index is 12.3. The molecule has 0 spiro atoms. The van der Waals surface area contributed by atoms with Crippen molar-refractivity contribution in [3.8, 4) is 6.07 Å². The molecule has 1 heterocycles. The number of hydrogen-bond donors (Lipinski definition) is 1. The number of benzene rings is 1. The lowest BCUT2D eigenvalue weighted by molar-refractivity contribution is -0.891. The van der Waals surface area contributed by atoms with E-state index >= 15 is 0 Å². The molecule has 1 fully saturated rings. The van der Waals surface area contributed by atoms with Crippen LogP contribution in [0.2, 0.25) is 0 Å². The van der Waals surface area contributed by atoms with Gasteiger partial charge in [-0.05, 0) is 31.2 Å². The van der Waals surface area contributed by atoms with E-state index in [9.17, 15) is 10.1 Å². The van der Waals surface area contributed by atoms with Gasteiger partial charge in [-0.1, -0.05) is 30.3 Å². The fourth-order valence-corrected chi connectivity index (χ4v) is 2.73. The van der Waals surface area contributed by atoms with E-state index in [1.165, 1.54) is 30.6 Å². The van der Waals surface area contributed by atoms with E-state index in [0.717, 1.165) is 18.7 Å². The van der Waals surface area contributed by atoms with Gasteiger partial charge in [-0.3, -0.25) is 4.79 Å². The van der Waals surface area contributed by atoms with Crippen LogP contribution in [0.1, 0.15) is 37.2 Å². The van der Waals surface area contributed by atoms with E-state index in [1.54, 1.807) is 0 Å². The van der Waals surface area contributed by atoms with Gasteiger partial charge in [0.05, 0.1) is 19.2 Å². The van der Waals surface area contributed by atoms with Gasteiger partial charge >= 0.3 is 0 Å². The molecule has 0 aromatic heterocycles. The Labute approximate surface area is 114 Å². The van der Waals surface area contributed by atoms with Crippen LogP contribution in [0.5, 0.6) is 0 Å². The van der Waals surface area contributed by atoms with E-state index in [2.05, 4.69) is 6.07 Å². The van der Waals surface area contributed by atoms with Crippen molar-refractivity contribution in [2.45, 2.75) is 31.6 Å². The Morgan fingerprint density at radius 2 is 1.79 bits per heavy atom. The van der Waals surface area contributed by atoms with Crippen LogP contribution >= 0.6 is 0 Å². The Balaban J connectivity index is 1.99. The zero-order valence-corrected chi connectivity index (χ0v) is 11.3. The fraction of sp³-hybridized carbons (Fsp3) is 0.500. The first kappa shape index (κ1) is 13.8. The number of nitrogens with one attached hydrogen (secondary N) is 1. The number of nitriles is 1. The number of Topliss-reactive ketones (excluding diaryl/α,β-unsaturated/α-hetero) is 1. The van der Waals surface area contributed by atoms with Crippen molar-refractivity contribution in [1.29, 1.82) is 5.26 Å². The Morgan fingerprint density at radius 1 is 1.16 bits per heavy atom. The lowest BCUT2D eigenvalue weighted by Crippen LogP contribution is -3.12. The number of carbonyl (C=O) groups excluding carboxylic acids is 1. The number of likely N-dealkylation sites (tertiary alicyclic amines) is 1. The molecule has 0 radical (unpaired) electrons. The van der Waals surface area contributed by atoms with Crippen molar-refractivity contribution in [3.63, 3.8) is 0 Å². The van der Waals surface area contributed by atoms with Crippen molar-refractivity contribution in [2.75, 3.05) is 19.6 Å². The van der Waals surface area contributed by atoms with Gasteiger partial charge in [0, 0.05) is 0 Å². The average Bonchev–Trinajstić information content (AvgIpc) is 2.69. The average molecular weight is 257 g/mol. The van der Waals surface area contributed by atoms with E-state index in [1.807, 2.05) is 30.3 Å². The van der Waals surface area contributed by atoms with Crippen LogP contribution in [0.3, 0.4) is 0 Å². The molecule has 1 N–H and O–H groups in total. The van der Waals surface area contributed by atoms with E-state index < -0.39 is 5.92 Å². The summed E-state index contributed by atoms with van der Waals surface area (Å²) in [5.41, 5.74) is 0.823. The molecule has 3 heteroatoms. The Morgan fingerprint density at radius 3 is 2.37 bits per heavy atom. The second-order valence-corrected chi connectivity index (χ2v) is 5.28. The highest BCUT2D eigenvalue weighted by Gasteiger charge is 2.24. The Kier molecular flexibility index (Phi) is 5.11. The molecule has 0 amide bonds. The van der Waals surface area contributed by atoms with E-state index in [-0.39, 0.29) is 5.78 Å². The van der Waals surface area contributed by atoms with Crippen molar-refractivity contribution in [1.82, 2.24) is 0 Å². The van der Waals surface area contributed by atoms with Crippen LogP contribution in [-0.2, 0) is 4.79 Å². The minimum absolute atomic E-state index is 0.0607. The predicted octanol–water partition coefficient (Wildman–Crippen LogP) is 1.32. The highest BCUT2D eigenvalue weighted by Crippen LogP contribution is 2.14. The van der Waals surface area contributed by atoms with E-state index in [0.29, 0.717) is 6.54 Å². The monoisotopic (exact) mass is 257 g/mol.